The number of hydrogen-bond donors (Lipinski definition) is 0. The van der Waals surface area contributed by atoms with E-state index in [1.165, 1.54) is 0 Å². The Hall–Kier alpha value is -2.37. The maximum absolute atomic E-state index is 12.4. The van der Waals surface area contributed by atoms with Crippen molar-refractivity contribution in [1.29, 1.82) is 0 Å². The second-order valence-corrected chi connectivity index (χ2v) is 6.62. The average Bonchev–Trinajstić information content (AvgIpc) is 3.17. The summed E-state index contributed by atoms with van der Waals surface area (Å²) in [4.78, 5) is 19.0. The van der Waals surface area contributed by atoms with E-state index in [9.17, 15) is 4.79 Å². The number of amides is 1. The van der Waals surface area contributed by atoms with Gasteiger partial charge in [-0.1, -0.05) is 31.1 Å². The summed E-state index contributed by atoms with van der Waals surface area (Å²) < 4.78 is 10.7. The van der Waals surface area contributed by atoms with Crippen LogP contribution in [0.2, 0.25) is 0 Å². The first-order valence-electron chi connectivity index (χ1n) is 8.89. The van der Waals surface area contributed by atoms with Crippen LogP contribution in [0.1, 0.15) is 44.9 Å². The molecule has 6 nitrogen and oxygen atoms in total. The zero-order valence-corrected chi connectivity index (χ0v) is 15.1. The van der Waals surface area contributed by atoms with E-state index in [1.54, 1.807) is 7.11 Å². The molecule has 2 aromatic rings. The number of benzene rings is 1. The number of carbonyl (C=O) groups excluding carboxylic acids is 1. The fraction of sp³-hybridized carbons (Fsp3) is 0.526. The molecule has 1 aromatic heterocycles. The summed E-state index contributed by atoms with van der Waals surface area (Å²) in [7, 11) is 1.63. The third-order valence-corrected chi connectivity index (χ3v) is 4.89. The molecular formula is C19H25N3O3. The highest BCUT2D eigenvalue weighted by Gasteiger charge is 2.30. The van der Waals surface area contributed by atoms with Crippen LogP contribution in [0.3, 0.4) is 0 Å². The Morgan fingerprint density at radius 3 is 3.08 bits per heavy atom. The van der Waals surface area contributed by atoms with Crippen molar-refractivity contribution in [1.82, 2.24) is 15.0 Å². The highest BCUT2D eigenvalue weighted by molar-refractivity contribution is 5.78. The number of carbonyl (C=O) groups is 1. The highest BCUT2D eigenvalue weighted by atomic mass is 16.5. The Labute approximate surface area is 148 Å². The largest absolute Gasteiger partial charge is 0.497 e. The summed E-state index contributed by atoms with van der Waals surface area (Å²) in [5.74, 6) is 2.31. The van der Waals surface area contributed by atoms with Crippen molar-refractivity contribution in [3.8, 4) is 17.1 Å². The van der Waals surface area contributed by atoms with Crippen LogP contribution in [0.4, 0.5) is 0 Å². The van der Waals surface area contributed by atoms with Gasteiger partial charge >= 0.3 is 0 Å². The van der Waals surface area contributed by atoms with Gasteiger partial charge in [-0.15, -0.1) is 0 Å². The molecule has 0 radical (unpaired) electrons. The summed E-state index contributed by atoms with van der Waals surface area (Å²) in [5.41, 5.74) is 0.859. The minimum absolute atomic E-state index is 0.0637. The van der Waals surface area contributed by atoms with E-state index in [-0.39, 0.29) is 17.7 Å². The van der Waals surface area contributed by atoms with E-state index in [4.69, 9.17) is 9.26 Å². The predicted octanol–water partition coefficient (Wildman–Crippen LogP) is 3.50. The van der Waals surface area contributed by atoms with E-state index < -0.39 is 0 Å². The highest BCUT2D eigenvalue weighted by Crippen LogP contribution is 2.29. The number of rotatable bonds is 5. The Balaban J connectivity index is 1.74. The second-order valence-electron chi connectivity index (χ2n) is 6.62. The molecule has 1 aliphatic heterocycles. The molecule has 0 aliphatic carbocycles. The van der Waals surface area contributed by atoms with E-state index in [0.29, 0.717) is 18.3 Å². The zero-order valence-electron chi connectivity index (χ0n) is 15.1. The molecule has 0 spiro atoms. The molecule has 1 aliphatic rings. The molecule has 1 amide bonds. The van der Waals surface area contributed by atoms with Crippen molar-refractivity contribution in [3.63, 3.8) is 0 Å². The molecule has 1 saturated heterocycles. The Kier molecular flexibility index (Phi) is 5.36. The van der Waals surface area contributed by atoms with E-state index in [0.717, 1.165) is 37.1 Å². The van der Waals surface area contributed by atoms with Crippen LogP contribution in [-0.2, 0) is 4.79 Å². The summed E-state index contributed by atoms with van der Waals surface area (Å²) >= 11 is 0. The van der Waals surface area contributed by atoms with Crippen LogP contribution in [-0.4, -0.2) is 41.1 Å². The summed E-state index contributed by atoms with van der Waals surface area (Å²) in [5, 5.41) is 4.11. The van der Waals surface area contributed by atoms with Crippen molar-refractivity contribution >= 4 is 5.91 Å². The van der Waals surface area contributed by atoms with Crippen LogP contribution in [0, 0.1) is 5.92 Å². The van der Waals surface area contributed by atoms with Gasteiger partial charge < -0.3 is 14.2 Å². The SMILES string of the molecule is CCC(C)C(=O)N1CCCC(c2nc(-c3cccc(OC)c3)no2)C1. The molecule has 2 heterocycles. The molecule has 1 fully saturated rings. The van der Waals surface area contributed by atoms with Crippen LogP contribution < -0.4 is 4.74 Å². The van der Waals surface area contributed by atoms with Crippen LogP contribution in [0.15, 0.2) is 28.8 Å². The normalized spacial score (nSPS) is 18.8. The van der Waals surface area contributed by atoms with Gasteiger partial charge in [0.25, 0.3) is 0 Å². The van der Waals surface area contributed by atoms with Gasteiger partial charge in [0.15, 0.2) is 0 Å². The molecule has 134 valence electrons. The first-order chi connectivity index (χ1) is 12.1. The fourth-order valence-corrected chi connectivity index (χ4v) is 3.15. The van der Waals surface area contributed by atoms with Crippen molar-refractivity contribution < 1.29 is 14.1 Å². The molecule has 2 unspecified atom stereocenters. The number of likely N-dealkylation sites (tertiary alicyclic amines) is 1. The quantitative estimate of drug-likeness (QED) is 0.831. The predicted molar refractivity (Wildman–Crippen MR) is 94.3 cm³/mol. The van der Waals surface area contributed by atoms with E-state index in [1.807, 2.05) is 43.0 Å². The standard InChI is InChI=1S/C19H25N3O3/c1-4-13(2)19(23)22-10-6-8-15(12-22)18-20-17(21-25-18)14-7-5-9-16(11-14)24-3/h5,7,9,11,13,15H,4,6,8,10,12H2,1-3H3. The zero-order chi connectivity index (χ0) is 17.8. The fourth-order valence-electron chi connectivity index (χ4n) is 3.15. The number of nitrogens with zero attached hydrogens (tertiary/aromatic N) is 3. The first-order valence-corrected chi connectivity index (χ1v) is 8.89. The van der Waals surface area contributed by atoms with Crippen molar-refractivity contribution in [2.45, 2.75) is 39.0 Å². The van der Waals surface area contributed by atoms with Gasteiger partial charge in [-0.2, -0.15) is 4.98 Å². The monoisotopic (exact) mass is 343 g/mol. The topological polar surface area (TPSA) is 68.5 Å². The summed E-state index contributed by atoms with van der Waals surface area (Å²) in [6.45, 7) is 5.50. The minimum atomic E-state index is 0.0637. The average molecular weight is 343 g/mol. The third kappa shape index (κ3) is 3.83. The molecule has 0 bridgehead atoms. The molecule has 0 saturated carbocycles. The lowest BCUT2D eigenvalue weighted by atomic mass is 9.96. The Morgan fingerprint density at radius 2 is 2.32 bits per heavy atom. The maximum Gasteiger partial charge on any atom is 0.231 e. The Morgan fingerprint density at radius 1 is 1.48 bits per heavy atom. The number of hydrogen-bond acceptors (Lipinski definition) is 5. The lowest BCUT2D eigenvalue weighted by molar-refractivity contribution is -0.136. The van der Waals surface area contributed by atoms with E-state index >= 15 is 0 Å². The molecular weight excluding hydrogens is 318 g/mol. The number of methoxy groups -OCH3 is 1. The number of ether oxygens (including phenoxy) is 1. The van der Waals surface area contributed by atoms with Gasteiger partial charge in [0.2, 0.25) is 17.6 Å². The van der Waals surface area contributed by atoms with Gasteiger partial charge in [0, 0.05) is 24.6 Å². The molecule has 0 N–H and O–H groups in total. The molecule has 6 heteroatoms. The number of piperidine rings is 1. The Bertz CT molecular complexity index is 728. The number of aromatic nitrogens is 2. The van der Waals surface area contributed by atoms with Gasteiger partial charge in [-0.25, -0.2) is 0 Å². The molecule has 25 heavy (non-hydrogen) atoms. The van der Waals surface area contributed by atoms with E-state index in [2.05, 4.69) is 10.1 Å². The van der Waals surface area contributed by atoms with Crippen LogP contribution >= 0.6 is 0 Å². The molecule has 1 aromatic carbocycles. The molecule has 2 atom stereocenters. The van der Waals surface area contributed by atoms with Crippen molar-refractivity contribution in [2.75, 3.05) is 20.2 Å². The van der Waals surface area contributed by atoms with Crippen LogP contribution in [0.25, 0.3) is 11.4 Å². The summed E-state index contributed by atoms with van der Waals surface area (Å²) in [6.07, 6.45) is 2.79. The van der Waals surface area contributed by atoms with Crippen LogP contribution in [0.5, 0.6) is 5.75 Å². The molecule has 3 rings (SSSR count). The lowest BCUT2D eigenvalue weighted by Crippen LogP contribution is -2.41. The lowest BCUT2D eigenvalue weighted by Gasteiger charge is -2.32. The third-order valence-electron chi connectivity index (χ3n) is 4.89. The smallest absolute Gasteiger partial charge is 0.231 e. The van der Waals surface area contributed by atoms with Gasteiger partial charge in [-0.3, -0.25) is 4.79 Å². The first kappa shape index (κ1) is 17.5. The van der Waals surface area contributed by atoms with Gasteiger partial charge in [0.1, 0.15) is 5.75 Å². The second kappa shape index (κ2) is 7.68. The van der Waals surface area contributed by atoms with Gasteiger partial charge in [0.05, 0.1) is 13.0 Å². The van der Waals surface area contributed by atoms with Crippen molar-refractivity contribution in [2.24, 2.45) is 5.92 Å². The van der Waals surface area contributed by atoms with Gasteiger partial charge in [-0.05, 0) is 31.4 Å². The maximum atomic E-state index is 12.4. The minimum Gasteiger partial charge on any atom is -0.497 e. The van der Waals surface area contributed by atoms with Crippen molar-refractivity contribution in [3.05, 3.63) is 30.2 Å². The summed E-state index contributed by atoms with van der Waals surface area (Å²) in [6, 6.07) is 7.59.